The van der Waals surface area contributed by atoms with Gasteiger partial charge in [-0.3, -0.25) is 4.79 Å². The summed E-state index contributed by atoms with van der Waals surface area (Å²) >= 11 is 0. The Bertz CT molecular complexity index is 383. The number of hydrogen-bond donors (Lipinski definition) is 0. The van der Waals surface area contributed by atoms with Gasteiger partial charge in [0.15, 0.2) is 5.76 Å². The van der Waals surface area contributed by atoms with E-state index in [0.29, 0.717) is 12.3 Å². The van der Waals surface area contributed by atoms with Crippen LogP contribution in [0, 0.1) is 5.92 Å². The van der Waals surface area contributed by atoms with E-state index in [-0.39, 0.29) is 12.0 Å². The zero-order chi connectivity index (χ0) is 11.7. The number of furan rings is 1. The van der Waals surface area contributed by atoms with E-state index in [0.717, 1.165) is 25.5 Å². The van der Waals surface area contributed by atoms with Crippen molar-refractivity contribution < 1.29 is 13.9 Å². The number of nitrogens with zero attached hydrogens (tertiary/aromatic N) is 1. The molecule has 1 aliphatic heterocycles. The number of rotatable bonds is 4. The summed E-state index contributed by atoms with van der Waals surface area (Å²) < 4.78 is 10.9. The first-order chi connectivity index (χ1) is 8.33. The molecular formula is C13H17NO3. The van der Waals surface area contributed by atoms with E-state index in [1.807, 2.05) is 4.90 Å². The third-order valence-electron chi connectivity index (χ3n) is 3.43. The molecule has 4 heteroatoms. The quantitative estimate of drug-likeness (QED) is 0.800. The third kappa shape index (κ3) is 2.52. The highest BCUT2D eigenvalue weighted by Crippen LogP contribution is 2.30. The van der Waals surface area contributed by atoms with Crippen LogP contribution in [0.4, 0.5) is 0 Å². The van der Waals surface area contributed by atoms with Gasteiger partial charge >= 0.3 is 0 Å². The Morgan fingerprint density at radius 2 is 2.35 bits per heavy atom. The van der Waals surface area contributed by atoms with Crippen molar-refractivity contribution in [2.24, 2.45) is 5.92 Å². The Labute approximate surface area is 101 Å². The molecule has 2 aliphatic rings. The molecule has 0 N–H and O–H groups in total. The van der Waals surface area contributed by atoms with E-state index in [1.165, 1.54) is 19.1 Å². The van der Waals surface area contributed by atoms with Gasteiger partial charge in [-0.05, 0) is 37.3 Å². The smallest absolute Gasteiger partial charge is 0.289 e. The maximum absolute atomic E-state index is 12.0. The molecule has 3 rings (SSSR count). The van der Waals surface area contributed by atoms with Crippen molar-refractivity contribution in [1.29, 1.82) is 0 Å². The number of likely N-dealkylation sites (tertiary alicyclic amines) is 1. The van der Waals surface area contributed by atoms with Crippen LogP contribution in [0.15, 0.2) is 22.8 Å². The third-order valence-corrected chi connectivity index (χ3v) is 3.43. The molecule has 2 fully saturated rings. The van der Waals surface area contributed by atoms with Crippen LogP contribution in [0.2, 0.25) is 0 Å². The van der Waals surface area contributed by atoms with E-state index >= 15 is 0 Å². The topological polar surface area (TPSA) is 42.7 Å². The lowest BCUT2D eigenvalue weighted by molar-refractivity contribution is 0.0472. The predicted molar refractivity (Wildman–Crippen MR) is 61.7 cm³/mol. The van der Waals surface area contributed by atoms with Crippen molar-refractivity contribution in [3.8, 4) is 0 Å². The van der Waals surface area contributed by atoms with Gasteiger partial charge in [0, 0.05) is 19.7 Å². The number of hydrogen-bond acceptors (Lipinski definition) is 3. The minimum atomic E-state index is -0.0208. The number of carbonyl (C=O) groups excluding carboxylic acids is 1. The van der Waals surface area contributed by atoms with Gasteiger partial charge in [-0.25, -0.2) is 0 Å². The minimum Gasteiger partial charge on any atom is -0.459 e. The molecule has 1 saturated carbocycles. The Kier molecular flexibility index (Phi) is 2.89. The number of amides is 1. The molecule has 1 aromatic heterocycles. The monoisotopic (exact) mass is 235 g/mol. The van der Waals surface area contributed by atoms with Crippen molar-refractivity contribution in [3.05, 3.63) is 24.2 Å². The van der Waals surface area contributed by atoms with Crippen LogP contribution in [0.5, 0.6) is 0 Å². The molecular weight excluding hydrogens is 218 g/mol. The van der Waals surface area contributed by atoms with Gasteiger partial charge in [-0.15, -0.1) is 0 Å². The Hall–Kier alpha value is -1.29. The molecule has 0 bridgehead atoms. The Morgan fingerprint density at radius 1 is 1.47 bits per heavy atom. The zero-order valence-corrected chi connectivity index (χ0v) is 9.80. The normalized spacial score (nSPS) is 24.2. The molecule has 0 radical (unpaired) electrons. The van der Waals surface area contributed by atoms with Crippen LogP contribution < -0.4 is 0 Å². The van der Waals surface area contributed by atoms with Gasteiger partial charge in [0.1, 0.15) is 0 Å². The molecule has 2 heterocycles. The second-order valence-electron chi connectivity index (χ2n) is 4.92. The van der Waals surface area contributed by atoms with Gasteiger partial charge < -0.3 is 14.1 Å². The number of ether oxygens (including phenoxy) is 1. The maximum Gasteiger partial charge on any atom is 0.289 e. The largest absolute Gasteiger partial charge is 0.459 e. The SMILES string of the molecule is O=C(c1ccco1)N1CCC(OCC2CC2)C1. The summed E-state index contributed by atoms with van der Waals surface area (Å²) in [7, 11) is 0. The van der Waals surface area contributed by atoms with Crippen molar-refractivity contribution in [2.45, 2.75) is 25.4 Å². The molecule has 17 heavy (non-hydrogen) atoms. The predicted octanol–water partition coefficient (Wildman–Crippen LogP) is 1.92. The lowest BCUT2D eigenvalue weighted by atomic mass is 10.3. The van der Waals surface area contributed by atoms with Crippen LogP contribution in [0.3, 0.4) is 0 Å². The van der Waals surface area contributed by atoms with Crippen LogP contribution >= 0.6 is 0 Å². The average molecular weight is 235 g/mol. The van der Waals surface area contributed by atoms with E-state index in [1.54, 1.807) is 12.1 Å². The highest BCUT2D eigenvalue weighted by molar-refractivity contribution is 5.91. The number of carbonyl (C=O) groups is 1. The van der Waals surface area contributed by atoms with Crippen molar-refractivity contribution in [3.63, 3.8) is 0 Å². The van der Waals surface area contributed by atoms with Crippen molar-refractivity contribution >= 4 is 5.91 Å². The standard InChI is InChI=1S/C13H17NO3/c15-13(12-2-1-7-16-12)14-6-5-11(8-14)17-9-10-3-4-10/h1-2,7,10-11H,3-6,8-9H2. The van der Waals surface area contributed by atoms with Gasteiger partial charge in [-0.2, -0.15) is 0 Å². The van der Waals surface area contributed by atoms with Crippen LogP contribution in [-0.4, -0.2) is 36.6 Å². The fourth-order valence-electron chi connectivity index (χ4n) is 2.16. The van der Waals surface area contributed by atoms with E-state index in [4.69, 9.17) is 9.15 Å². The first-order valence-corrected chi connectivity index (χ1v) is 6.27. The van der Waals surface area contributed by atoms with E-state index < -0.39 is 0 Å². The summed E-state index contributed by atoms with van der Waals surface area (Å²) in [5, 5.41) is 0. The molecule has 1 aromatic rings. The second kappa shape index (κ2) is 4.53. The average Bonchev–Trinajstić information content (AvgIpc) is 2.86. The fourth-order valence-corrected chi connectivity index (χ4v) is 2.16. The molecule has 0 aromatic carbocycles. The van der Waals surface area contributed by atoms with Gasteiger partial charge in [-0.1, -0.05) is 0 Å². The zero-order valence-electron chi connectivity index (χ0n) is 9.80. The first-order valence-electron chi connectivity index (χ1n) is 6.27. The lowest BCUT2D eigenvalue weighted by Crippen LogP contribution is -2.30. The van der Waals surface area contributed by atoms with Gasteiger partial charge in [0.2, 0.25) is 0 Å². The summed E-state index contributed by atoms with van der Waals surface area (Å²) in [6, 6.07) is 3.45. The molecule has 1 atom stereocenters. The second-order valence-corrected chi connectivity index (χ2v) is 4.92. The Morgan fingerprint density at radius 3 is 3.06 bits per heavy atom. The molecule has 1 unspecified atom stereocenters. The summed E-state index contributed by atoms with van der Waals surface area (Å²) in [5.74, 6) is 1.19. The van der Waals surface area contributed by atoms with Crippen molar-refractivity contribution in [1.82, 2.24) is 4.90 Å². The lowest BCUT2D eigenvalue weighted by Gasteiger charge is -2.15. The molecule has 1 amide bonds. The van der Waals surface area contributed by atoms with Crippen LogP contribution in [-0.2, 0) is 4.74 Å². The van der Waals surface area contributed by atoms with Crippen LogP contribution in [0.25, 0.3) is 0 Å². The highest BCUT2D eigenvalue weighted by atomic mass is 16.5. The molecule has 0 spiro atoms. The maximum atomic E-state index is 12.0. The fraction of sp³-hybridized carbons (Fsp3) is 0.615. The molecule has 1 saturated heterocycles. The molecule has 4 nitrogen and oxygen atoms in total. The first kappa shape index (κ1) is 10.8. The van der Waals surface area contributed by atoms with Gasteiger partial charge in [0.25, 0.3) is 5.91 Å². The molecule has 1 aliphatic carbocycles. The minimum absolute atomic E-state index is 0.0208. The summed E-state index contributed by atoms with van der Waals surface area (Å²) in [6.07, 6.45) is 5.31. The Balaban J connectivity index is 1.50. The van der Waals surface area contributed by atoms with Gasteiger partial charge in [0.05, 0.1) is 12.4 Å². The van der Waals surface area contributed by atoms with E-state index in [2.05, 4.69) is 0 Å². The summed E-state index contributed by atoms with van der Waals surface area (Å²) in [4.78, 5) is 13.8. The molecule has 92 valence electrons. The van der Waals surface area contributed by atoms with Crippen LogP contribution in [0.1, 0.15) is 29.8 Å². The summed E-state index contributed by atoms with van der Waals surface area (Å²) in [5.41, 5.74) is 0. The van der Waals surface area contributed by atoms with E-state index in [9.17, 15) is 4.79 Å². The van der Waals surface area contributed by atoms with Crippen molar-refractivity contribution in [2.75, 3.05) is 19.7 Å². The highest BCUT2D eigenvalue weighted by Gasteiger charge is 2.30. The summed E-state index contributed by atoms with van der Waals surface area (Å²) in [6.45, 7) is 2.34.